The van der Waals surface area contributed by atoms with Crippen molar-refractivity contribution in [3.63, 3.8) is 0 Å². The maximum absolute atomic E-state index is 11.5. The van der Waals surface area contributed by atoms with Crippen molar-refractivity contribution in [2.45, 2.75) is 12.5 Å². The zero-order valence-corrected chi connectivity index (χ0v) is 7.16. The van der Waals surface area contributed by atoms with Gasteiger partial charge in [0.2, 0.25) is 5.91 Å². The van der Waals surface area contributed by atoms with Gasteiger partial charge in [0.1, 0.15) is 6.04 Å². The van der Waals surface area contributed by atoms with E-state index in [1.54, 1.807) is 0 Å². The Kier molecular flexibility index (Phi) is 1.20. The summed E-state index contributed by atoms with van der Waals surface area (Å²) in [5, 5.41) is 2.91. The van der Waals surface area contributed by atoms with Crippen molar-refractivity contribution in [1.29, 1.82) is 0 Å². The first-order chi connectivity index (χ1) is 6.36. The van der Waals surface area contributed by atoms with Crippen LogP contribution in [-0.2, 0) is 4.79 Å². The van der Waals surface area contributed by atoms with Gasteiger partial charge in [-0.1, -0.05) is 12.1 Å². The summed E-state index contributed by atoms with van der Waals surface area (Å²) in [5.41, 5.74) is 2.11. The van der Waals surface area contributed by atoms with Crippen LogP contribution in [0.2, 0.25) is 0 Å². The molecule has 0 radical (unpaired) electrons. The lowest BCUT2D eigenvalue weighted by atomic mass is 9.97. The van der Waals surface area contributed by atoms with Crippen molar-refractivity contribution in [1.82, 2.24) is 0 Å². The number of carbonyl (C=O) groups excluding carboxylic acids is 1. The zero-order chi connectivity index (χ0) is 8.84. The molecule has 0 aromatic heterocycles. The van der Waals surface area contributed by atoms with Crippen LogP contribution in [0.3, 0.4) is 0 Å². The van der Waals surface area contributed by atoms with Gasteiger partial charge < -0.3 is 10.2 Å². The predicted octanol–water partition coefficient (Wildman–Crippen LogP) is 1.22. The molecular weight excluding hydrogens is 164 g/mol. The molecule has 1 amide bonds. The van der Waals surface area contributed by atoms with Crippen LogP contribution in [0.5, 0.6) is 0 Å². The molecule has 1 aromatic rings. The molecule has 66 valence electrons. The fraction of sp³-hybridized carbons (Fsp3) is 0.300. The lowest BCUT2D eigenvalue weighted by Crippen LogP contribution is -2.57. The van der Waals surface area contributed by atoms with Crippen molar-refractivity contribution in [3.05, 3.63) is 24.3 Å². The summed E-state index contributed by atoms with van der Waals surface area (Å²) in [4.78, 5) is 13.6. The third-order valence-corrected chi connectivity index (χ3v) is 2.79. The zero-order valence-electron chi connectivity index (χ0n) is 7.16. The first-order valence-corrected chi connectivity index (χ1v) is 4.53. The van der Waals surface area contributed by atoms with Crippen LogP contribution >= 0.6 is 0 Å². The minimum absolute atomic E-state index is 0.0925. The quantitative estimate of drug-likeness (QED) is 0.641. The van der Waals surface area contributed by atoms with Crippen molar-refractivity contribution in [2.75, 3.05) is 16.8 Å². The minimum atomic E-state index is 0.0925. The molecule has 1 atom stereocenters. The molecule has 0 aliphatic carbocycles. The standard InChI is InChI=1S/C10H10N2O/c13-10-9-5-6-12(9)8-4-2-1-3-7(8)11-10/h1-4,9H,5-6H2,(H,11,13)/t9-/m0/s1. The molecule has 13 heavy (non-hydrogen) atoms. The number of hydrogen-bond donors (Lipinski definition) is 1. The molecule has 3 rings (SSSR count). The number of para-hydroxylation sites is 2. The summed E-state index contributed by atoms with van der Waals surface area (Å²) in [5.74, 6) is 0.143. The number of benzene rings is 1. The summed E-state index contributed by atoms with van der Waals surface area (Å²) >= 11 is 0. The van der Waals surface area contributed by atoms with E-state index in [4.69, 9.17) is 0 Å². The molecule has 3 nitrogen and oxygen atoms in total. The molecular formula is C10H10N2O. The monoisotopic (exact) mass is 174 g/mol. The van der Waals surface area contributed by atoms with E-state index in [-0.39, 0.29) is 11.9 Å². The topological polar surface area (TPSA) is 32.3 Å². The van der Waals surface area contributed by atoms with Crippen LogP contribution in [-0.4, -0.2) is 18.5 Å². The van der Waals surface area contributed by atoms with Gasteiger partial charge in [-0.05, 0) is 18.6 Å². The van der Waals surface area contributed by atoms with Crippen molar-refractivity contribution < 1.29 is 4.79 Å². The first-order valence-electron chi connectivity index (χ1n) is 4.53. The van der Waals surface area contributed by atoms with E-state index < -0.39 is 0 Å². The Labute approximate surface area is 76.4 Å². The Morgan fingerprint density at radius 1 is 1.38 bits per heavy atom. The van der Waals surface area contributed by atoms with Gasteiger partial charge in [-0.25, -0.2) is 0 Å². The highest BCUT2D eigenvalue weighted by atomic mass is 16.2. The van der Waals surface area contributed by atoms with Crippen LogP contribution in [0.15, 0.2) is 24.3 Å². The highest BCUT2D eigenvalue weighted by molar-refractivity contribution is 6.04. The van der Waals surface area contributed by atoms with Crippen molar-refractivity contribution >= 4 is 17.3 Å². The maximum Gasteiger partial charge on any atom is 0.247 e. The molecule has 1 fully saturated rings. The number of rotatable bonds is 0. The molecule has 3 heteroatoms. The summed E-state index contributed by atoms with van der Waals surface area (Å²) in [6.07, 6.45) is 0.986. The van der Waals surface area contributed by atoms with Crippen LogP contribution in [0, 0.1) is 0 Å². The van der Waals surface area contributed by atoms with E-state index in [0.29, 0.717) is 0 Å². The predicted molar refractivity (Wildman–Crippen MR) is 50.8 cm³/mol. The second kappa shape index (κ2) is 2.25. The molecule has 2 heterocycles. The average Bonchev–Trinajstić information content (AvgIpc) is 2.04. The molecule has 1 aromatic carbocycles. The van der Waals surface area contributed by atoms with Gasteiger partial charge in [0, 0.05) is 6.54 Å². The lowest BCUT2D eigenvalue weighted by molar-refractivity contribution is -0.118. The van der Waals surface area contributed by atoms with E-state index in [1.807, 2.05) is 18.2 Å². The number of nitrogens with zero attached hydrogens (tertiary/aromatic N) is 1. The summed E-state index contributed by atoms with van der Waals surface area (Å²) in [7, 11) is 0. The van der Waals surface area contributed by atoms with Gasteiger partial charge in [0.05, 0.1) is 11.4 Å². The molecule has 0 unspecified atom stereocenters. The van der Waals surface area contributed by atoms with Gasteiger partial charge in [-0.3, -0.25) is 4.79 Å². The lowest BCUT2D eigenvalue weighted by Gasteiger charge is -2.45. The normalized spacial score (nSPS) is 24.2. The van der Waals surface area contributed by atoms with Crippen LogP contribution in [0.1, 0.15) is 6.42 Å². The number of fused-ring (bicyclic) bond motifs is 3. The van der Waals surface area contributed by atoms with Gasteiger partial charge in [-0.15, -0.1) is 0 Å². The van der Waals surface area contributed by atoms with Crippen LogP contribution < -0.4 is 10.2 Å². The third kappa shape index (κ3) is 0.813. The Morgan fingerprint density at radius 2 is 2.23 bits per heavy atom. The molecule has 1 saturated heterocycles. The maximum atomic E-state index is 11.5. The largest absolute Gasteiger partial charge is 0.358 e. The number of hydrogen-bond acceptors (Lipinski definition) is 2. The van der Waals surface area contributed by atoms with E-state index in [2.05, 4.69) is 16.3 Å². The number of nitrogens with one attached hydrogen (secondary N) is 1. The van der Waals surface area contributed by atoms with E-state index >= 15 is 0 Å². The SMILES string of the molecule is O=C1Nc2ccccc2N2CC[C@@H]12. The highest BCUT2D eigenvalue weighted by Gasteiger charge is 2.38. The van der Waals surface area contributed by atoms with E-state index in [0.717, 1.165) is 18.7 Å². The Balaban J connectivity index is 2.12. The smallest absolute Gasteiger partial charge is 0.247 e. The van der Waals surface area contributed by atoms with Crippen molar-refractivity contribution in [3.8, 4) is 0 Å². The minimum Gasteiger partial charge on any atom is -0.358 e. The Morgan fingerprint density at radius 3 is 3.00 bits per heavy atom. The molecule has 1 N–H and O–H groups in total. The number of amides is 1. The number of anilines is 2. The molecule has 2 aliphatic heterocycles. The molecule has 0 bridgehead atoms. The highest BCUT2D eigenvalue weighted by Crippen LogP contribution is 2.36. The van der Waals surface area contributed by atoms with Crippen LogP contribution in [0.25, 0.3) is 0 Å². The Bertz CT molecular complexity index is 375. The van der Waals surface area contributed by atoms with Gasteiger partial charge in [0.25, 0.3) is 0 Å². The average molecular weight is 174 g/mol. The summed E-state index contributed by atoms with van der Waals surface area (Å²) in [6.45, 7) is 1.01. The first kappa shape index (κ1) is 6.95. The van der Waals surface area contributed by atoms with Crippen molar-refractivity contribution in [2.24, 2.45) is 0 Å². The summed E-state index contributed by atoms with van der Waals surface area (Å²) in [6, 6.07) is 8.04. The summed E-state index contributed by atoms with van der Waals surface area (Å²) < 4.78 is 0. The third-order valence-electron chi connectivity index (χ3n) is 2.79. The van der Waals surface area contributed by atoms with E-state index in [9.17, 15) is 4.79 Å². The second-order valence-electron chi connectivity index (χ2n) is 3.50. The fourth-order valence-electron chi connectivity index (χ4n) is 1.99. The number of carbonyl (C=O) groups is 1. The van der Waals surface area contributed by atoms with Gasteiger partial charge in [0.15, 0.2) is 0 Å². The second-order valence-corrected chi connectivity index (χ2v) is 3.50. The molecule has 2 aliphatic rings. The van der Waals surface area contributed by atoms with Gasteiger partial charge >= 0.3 is 0 Å². The van der Waals surface area contributed by atoms with Gasteiger partial charge in [-0.2, -0.15) is 0 Å². The van der Waals surface area contributed by atoms with Crippen LogP contribution in [0.4, 0.5) is 11.4 Å². The van der Waals surface area contributed by atoms with E-state index in [1.165, 1.54) is 5.69 Å². The Hall–Kier alpha value is -1.51. The fourth-order valence-corrected chi connectivity index (χ4v) is 1.99. The molecule has 0 saturated carbocycles. The molecule has 0 spiro atoms.